The van der Waals surface area contributed by atoms with Gasteiger partial charge in [0, 0.05) is 26.0 Å². The first-order valence-electron chi connectivity index (χ1n) is 5.20. The molecule has 0 spiro atoms. The van der Waals surface area contributed by atoms with Crippen LogP contribution in [0, 0.1) is 5.92 Å². The van der Waals surface area contributed by atoms with E-state index in [1.165, 1.54) is 19.3 Å². The number of hydrogen-bond acceptors (Lipinski definition) is 3. The highest BCUT2D eigenvalue weighted by atomic mass is 16.5. The fraction of sp³-hybridized carbons (Fsp3) is 0.700. The van der Waals surface area contributed by atoms with Crippen molar-refractivity contribution in [2.75, 3.05) is 18.9 Å². The fourth-order valence-corrected chi connectivity index (χ4v) is 1.85. The molecular weight excluding hydrogens is 178 g/mol. The van der Waals surface area contributed by atoms with Crippen molar-refractivity contribution in [3.05, 3.63) is 12.4 Å². The summed E-state index contributed by atoms with van der Waals surface area (Å²) in [5.41, 5.74) is 6.33. The normalized spacial score (nSPS) is 18.6. The van der Waals surface area contributed by atoms with Gasteiger partial charge in [0.25, 0.3) is 0 Å². The highest BCUT2D eigenvalue weighted by Gasteiger charge is 2.13. The van der Waals surface area contributed by atoms with Crippen molar-refractivity contribution in [1.29, 1.82) is 0 Å². The summed E-state index contributed by atoms with van der Waals surface area (Å²) in [4.78, 5) is 0. The van der Waals surface area contributed by atoms with Gasteiger partial charge in [0.1, 0.15) is 0 Å². The van der Waals surface area contributed by atoms with E-state index in [1.54, 1.807) is 6.20 Å². The molecule has 0 saturated carbocycles. The topological polar surface area (TPSA) is 53.1 Å². The van der Waals surface area contributed by atoms with Gasteiger partial charge in [-0.25, -0.2) is 0 Å². The van der Waals surface area contributed by atoms with Crippen LogP contribution in [0.5, 0.6) is 0 Å². The first kappa shape index (κ1) is 9.52. The summed E-state index contributed by atoms with van der Waals surface area (Å²) in [7, 11) is 0. The molecule has 78 valence electrons. The van der Waals surface area contributed by atoms with Gasteiger partial charge in [0.15, 0.2) is 0 Å². The van der Waals surface area contributed by atoms with Gasteiger partial charge in [0.2, 0.25) is 0 Å². The van der Waals surface area contributed by atoms with Crippen LogP contribution in [0.15, 0.2) is 12.4 Å². The molecule has 0 bridgehead atoms. The zero-order valence-corrected chi connectivity index (χ0v) is 8.35. The van der Waals surface area contributed by atoms with Crippen molar-refractivity contribution < 1.29 is 4.74 Å². The molecule has 0 amide bonds. The number of ether oxygens (including phenoxy) is 1. The summed E-state index contributed by atoms with van der Waals surface area (Å²) in [5.74, 6) is 0.800. The van der Waals surface area contributed by atoms with E-state index in [2.05, 4.69) is 5.10 Å². The summed E-state index contributed by atoms with van der Waals surface area (Å²) in [5, 5.41) is 4.16. The van der Waals surface area contributed by atoms with Gasteiger partial charge in [-0.1, -0.05) is 0 Å². The van der Waals surface area contributed by atoms with Crippen molar-refractivity contribution in [3.63, 3.8) is 0 Å². The third-order valence-corrected chi connectivity index (χ3v) is 2.76. The lowest BCUT2D eigenvalue weighted by atomic mass is 9.97. The fourth-order valence-electron chi connectivity index (χ4n) is 1.85. The summed E-state index contributed by atoms with van der Waals surface area (Å²) in [6, 6.07) is 0. The third-order valence-electron chi connectivity index (χ3n) is 2.76. The number of rotatable bonds is 3. The second-order valence-corrected chi connectivity index (χ2v) is 3.88. The molecule has 2 rings (SSSR count). The maximum Gasteiger partial charge on any atom is 0.0719 e. The Balaban J connectivity index is 1.76. The molecule has 1 fully saturated rings. The minimum atomic E-state index is 0.747. The summed E-state index contributed by atoms with van der Waals surface area (Å²) >= 11 is 0. The first-order valence-corrected chi connectivity index (χ1v) is 5.20. The van der Waals surface area contributed by atoms with Crippen molar-refractivity contribution in [2.45, 2.75) is 25.8 Å². The molecule has 1 aliphatic rings. The summed E-state index contributed by atoms with van der Waals surface area (Å²) in [6.45, 7) is 2.82. The minimum Gasteiger partial charge on any atom is -0.396 e. The van der Waals surface area contributed by atoms with Crippen LogP contribution in [-0.4, -0.2) is 23.0 Å². The zero-order valence-electron chi connectivity index (χ0n) is 8.35. The van der Waals surface area contributed by atoms with Crippen LogP contribution in [0.2, 0.25) is 0 Å². The Hall–Kier alpha value is -1.03. The van der Waals surface area contributed by atoms with Crippen molar-refractivity contribution in [2.24, 2.45) is 5.92 Å². The molecular formula is C10H17N3O. The quantitative estimate of drug-likeness (QED) is 0.790. The molecule has 1 aromatic rings. The molecule has 2 N–H and O–H groups in total. The predicted molar refractivity (Wildman–Crippen MR) is 54.8 cm³/mol. The summed E-state index contributed by atoms with van der Waals surface area (Å²) in [6.07, 6.45) is 7.15. The largest absolute Gasteiger partial charge is 0.396 e. The molecule has 1 aliphatic heterocycles. The molecule has 0 atom stereocenters. The van der Waals surface area contributed by atoms with E-state index in [9.17, 15) is 0 Å². The molecule has 1 aromatic heterocycles. The molecule has 14 heavy (non-hydrogen) atoms. The third kappa shape index (κ3) is 2.48. The average molecular weight is 195 g/mol. The van der Waals surface area contributed by atoms with Crippen molar-refractivity contribution in [1.82, 2.24) is 9.78 Å². The van der Waals surface area contributed by atoms with Gasteiger partial charge in [-0.2, -0.15) is 5.10 Å². The standard InChI is InChI=1S/C10H17N3O/c11-10-7-12-13(8-10)4-1-9-2-5-14-6-3-9/h7-9H,1-6,11H2. The zero-order chi connectivity index (χ0) is 9.80. The van der Waals surface area contributed by atoms with Crippen LogP contribution < -0.4 is 5.73 Å². The number of anilines is 1. The van der Waals surface area contributed by atoms with Crippen molar-refractivity contribution in [3.8, 4) is 0 Å². The van der Waals surface area contributed by atoms with Gasteiger partial charge < -0.3 is 10.5 Å². The molecule has 1 saturated heterocycles. The van der Waals surface area contributed by atoms with E-state index in [1.807, 2.05) is 10.9 Å². The Labute approximate surface area is 84.0 Å². The Morgan fingerprint density at radius 2 is 2.29 bits per heavy atom. The van der Waals surface area contributed by atoms with E-state index in [4.69, 9.17) is 10.5 Å². The van der Waals surface area contributed by atoms with Crippen LogP contribution in [0.4, 0.5) is 5.69 Å². The highest BCUT2D eigenvalue weighted by molar-refractivity contribution is 5.30. The van der Waals surface area contributed by atoms with Crippen LogP contribution >= 0.6 is 0 Å². The van der Waals surface area contributed by atoms with Gasteiger partial charge in [-0.05, 0) is 25.2 Å². The number of hydrogen-bond donors (Lipinski definition) is 1. The number of nitrogens with two attached hydrogens (primary N) is 1. The Kier molecular flexibility index (Phi) is 3.03. The van der Waals surface area contributed by atoms with E-state index in [0.717, 1.165) is 31.4 Å². The van der Waals surface area contributed by atoms with Crippen molar-refractivity contribution >= 4 is 5.69 Å². The van der Waals surface area contributed by atoms with Gasteiger partial charge in [-0.15, -0.1) is 0 Å². The molecule has 4 nitrogen and oxygen atoms in total. The molecule has 2 heterocycles. The molecule has 0 radical (unpaired) electrons. The smallest absolute Gasteiger partial charge is 0.0719 e. The average Bonchev–Trinajstić information content (AvgIpc) is 2.63. The second-order valence-electron chi connectivity index (χ2n) is 3.88. The number of nitrogen functional groups attached to an aromatic ring is 1. The van der Waals surface area contributed by atoms with E-state index >= 15 is 0 Å². The SMILES string of the molecule is Nc1cnn(CCC2CCOCC2)c1. The van der Waals surface area contributed by atoms with E-state index in [0.29, 0.717) is 0 Å². The maximum atomic E-state index is 5.58. The Morgan fingerprint density at radius 1 is 1.50 bits per heavy atom. The monoisotopic (exact) mass is 195 g/mol. The van der Waals surface area contributed by atoms with Gasteiger partial charge in [-0.3, -0.25) is 4.68 Å². The minimum absolute atomic E-state index is 0.747. The van der Waals surface area contributed by atoms with Crippen LogP contribution in [0.3, 0.4) is 0 Å². The molecule has 0 unspecified atom stereocenters. The van der Waals surface area contributed by atoms with Crippen LogP contribution in [-0.2, 0) is 11.3 Å². The molecule has 0 aromatic carbocycles. The van der Waals surface area contributed by atoms with Gasteiger partial charge in [0.05, 0.1) is 11.9 Å². The van der Waals surface area contributed by atoms with E-state index < -0.39 is 0 Å². The maximum absolute atomic E-state index is 5.58. The Bertz CT molecular complexity index is 279. The lowest BCUT2D eigenvalue weighted by molar-refractivity contribution is 0.0623. The van der Waals surface area contributed by atoms with E-state index in [-0.39, 0.29) is 0 Å². The number of aromatic nitrogens is 2. The number of aryl methyl sites for hydroxylation is 1. The lowest BCUT2D eigenvalue weighted by Crippen LogP contribution is -2.17. The molecule has 4 heteroatoms. The first-order chi connectivity index (χ1) is 6.84. The number of nitrogens with zero attached hydrogens (tertiary/aromatic N) is 2. The lowest BCUT2D eigenvalue weighted by Gasteiger charge is -2.21. The second kappa shape index (κ2) is 4.46. The van der Waals surface area contributed by atoms with Gasteiger partial charge >= 0.3 is 0 Å². The molecule has 0 aliphatic carbocycles. The highest BCUT2D eigenvalue weighted by Crippen LogP contribution is 2.19. The van der Waals surface area contributed by atoms with Crippen LogP contribution in [0.25, 0.3) is 0 Å². The predicted octanol–water partition coefficient (Wildman–Crippen LogP) is 1.28. The summed E-state index contributed by atoms with van der Waals surface area (Å²) < 4.78 is 7.23. The van der Waals surface area contributed by atoms with Crippen LogP contribution in [0.1, 0.15) is 19.3 Å². The Morgan fingerprint density at radius 3 is 2.93 bits per heavy atom.